The minimum Gasteiger partial charge on any atom is -0.345 e. The van der Waals surface area contributed by atoms with Crippen LogP contribution in [0.5, 0.6) is 0 Å². The zero-order valence-electron chi connectivity index (χ0n) is 29.9. The Hall–Kier alpha value is -5.27. The van der Waals surface area contributed by atoms with Crippen molar-refractivity contribution < 1.29 is 0 Å². The van der Waals surface area contributed by atoms with E-state index < -0.39 is 0 Å². The number of fused-ring (bicyclic) bond motifs is 8. The molecule has 0 saturated heterocycles. The van der Waals surface area contributed by atoms with E-state index in [0.29, 0.717) is 11.8 Å². The quantitative estimate of drug-likeness (QED) is 0.137. The van der Waals surface area contributed by atoms with E-state index in [-0.39, 0.29) is 13.4 Å². The van der Waals surface area contributed by atoms with Crippen molar-refractivity contribution in [3.8, 4) is 22.3 Å². The molecule has 0 spiro atoms. The van der Waals surface area contributed by atoms with Crippen molar-refractivity contribution in [1.82, 2.24) is 0 Å². The summed E-state index contributed by atoms with van der Waals surface area (Å²) >= 11 is 0. The lowest BCUT2D eigenvalue weighted by molar-refractivity contribution is 0.876. The predicted octanol–water partition coefficient (Wildman–Crippen LogP) is 7.81. The molecule has 8 aromatic rings. The third-order valence-corrected chi connectivity index (χ3v) is 13.2. The van der Waals surface area contributed by atoms with Crippen molar-refractivity contribution in [2.75, 3.05) is 11.9 Å². The van der Waals surface area contributed by atoms with Gasteiger partial charge in [-0.25, -0.2) is 0 Å². The van der Waals surface area contributed by atoms with E-state index in [2.05, 4.69) is 149 Å². The summed E-state index contributed by atoms with van der Waals surface area (Å²) < 4.78 is 0. The average Bonchev–Trinajstić information content (AvgIpc) is 3.15. The first-order valence-electron chi connectivity index (χ1n) is 18.9. The third kappa shape index (κ3) is 3.32. The van der Waals surface area contributed by atoms with Crippen LogP contribution in [0, 0.1) is 0 Å². The molecule has 12 rings (SSSR count). The zero-order chi connectivity index (χ0) is 34.0. The lowest BCUT2D eigenvalue weighted by Gasteiger charge is -2.40. The fraction of sp³-hybridized carbons (Fsp3) is 0.167. The Kier molecular flexibility index (Phi) is 5.31. The first kappa shape index (κ1) is 28.4. The van der Waals surface area contributed by atoms with Gasteiger partial charge in [0.05, 0.1) is 0 Å². The summed E-state index contributed by atoms with van der Waals surface area (Å²) in [7, 11) is 2.25. The van der Waals surface area contributed by atoms with E-state index in [4.69, 9.17) is 0 Å². The summed E-state index contributed by atoms with van der Waals surface area (Å²) in [5.41, 5.74) is 23.1. The Labute approximate surface area is 300 Å². The van der Waals surface area contributed by atoms with Gasteiger partial charge in [-0.1, -0.05) is 134 Å². The maximum atomic E-state index is 2.67. The molecule has 1 nitrogen and oxygen atoms in total. The smallest absolute Gasteiger partial charge is 0.248 e. The van der Waals surface area contributed by atoms with Crippen LogP contribution in [0.1, 0.15) is 61.8 Å². The molecule has 0 atom stereocenters. The van der Waals surface area contributed by atoms with Gasteiger partial charge in [0.1, 0.15) is 0 Å². The Morgan fingerprint density at radius 3 is 1.67 bits per heavy atom. The monoisotopic (exact) mass is 649 g/mol. The van der Waals surface area contributed by atoms with Crippen LogP contribution in [0.2, 0.25) is 0 Å². The molecule has 0 aromatic heterocycles. The summed E-state index contributed by atoms with van der Waals surface area (Å²) in [5, 5.41) is 8.84. The van der Waals surface area contributed by atoms with Gasteiger partial charge in [0.25, 0.3) is 0 Å². The molecule has 0 amide bonds. The first-order chi connectivity index (χ1) is 24.9. The molecule has 0 aliphatic carbocycles. The average molecular weight is 649 g/mol. The molecule has 3 heteroatoms. The number of hydrogen-bond acceptors (Lipinski definition) is 1. The summed E-state index contributed by atoms with van der Waals surface area (Å²) in [5.74, 6) is 0.774. The largest absolute Gasteiger partial charge is 0.345 e. The molecule has 0 radical (unpaired) electrons. The second-order valence-electron chi connectivity index (χ2n) is 16.3. The molecule has 4 aliphatic rings. The maximum Gasteiger partial charge on any atom is 0.248 e. The number of para-hydroxylation sites is 1. The Morgan fingerprint density at radius 2 is 1.00 bits per heavy atom. The highest BCUT2D eigenvalue weighted by molar-refractivity contribution is 7.02. The van der Waals surface area contributed by atoms with E-state index in [1.165, 1.54) is 121 Å². The first-order valence-corrected chi connectivity index (χ1v) is 18.9. The van der Waals surface area contributed by atoms with Crippen LogP contribution < -0.4 is 37.7 Å². The van der Waals surface area contributed by atoms with E-state index in [0.717, 1.165) is 6.42 Å². The van der Waals surface area contributed by atoms with E-state index in [9.17, 15) is 0 Å². The molecule has 0 unspecified atom stereocenters. The van der Waals surface area contributed by atoms with Crippen LogP contribution >= 0.6 is 0 Å². The predicted molar refractivity (Wildman–Crippen MR) is 222 cm³/mol. The number of anilines is 2. The van der Waals surface area contributed by atoms with Gasteiger partial charge in [-0.2, -0.15) is 0 Å². The summed E-state index contributed by atoms with van der Waals surface area (Å²) in [6, 6.07) is 43.1. The van der Waals surface area contributed by atoms with Crippen LogP contribution in [-0.4, -0.2) is 20.5 Å². The zero-order valence-corrected chi connectivity index (χ0v) is 29.9. The molecule has 0 fully saturated rings. The van der Waals surface area contributed by atoms with Crippen LogP contribution in [0.25, 0.3) is 54.6 Å². The Balaban J connectivity index is 1.34. The van der Waals surface area contributed by atoms with Gasteiger partial charge in [-0.3, -0.25) is 0 Å². The molecule has 0 bridgehead atoms. The third-order valence-electron chi connectivity index (χ3n) is 13.2. The number of hydrogen-bond donors (Lipinski definition) is 0. The standard InChI is InChI=1S/C48H37B2N/c1-25(2)31-21-33-29-14-10-13-28-20-27-12-6-7-16-37(27)49(47(28)29)39-23-35-32(26(3)4)22-34-30-15-11-19-42-48(30)50(38-17-8-9-18-41(38)51(42)5)40-24-36(31)45(43(33)39)46(35)44(34)40/h6-19,21-26H,20H2,1-5H3. The van der Waals surface area contributed by atoms with Crippen LogP contribution in [0.4, 0.5) is 11.4 Å². The van der Waals surface area contributed by atoms with Gasteiger partial charge in [-0.05, 0) is 130 Å². The van der Waals surface area contributed by atoms with Gasteiger partial charge in [0.15, 0.2) is 0 Å². The fourth-order valence-corrected chi connectivity index (χ4v) is 11.2. The topological polar surface area (TPSA) is 3.24 Å². The van der Waals surface area contributed by atoms with Crippen molar-refractivity contribution in [3.05, 3.63) is 131 Å². The lowest BCUT2D eigenvalue weighted by Crippen LogP contribution is -2.60. The van der Waals surface area contributed by atoms with E-state index in [1.54, 1.807) is 0 Å². The Morgan fingerprint density at radius 1 is 0.471 bits per heavy atom. The highest BCUT2D eigenvalue weighted by atomic mass is 15.1. The van der Waals surface area contributed by atoms with Crippen molar-refractivity contribution in [2.45, 2.75) is 46.0 Å². The molecule has 0 saturated carbocycles. The second kappa shape index (κ2) is 9.53. The SMILES string of the molecule is CC(C)c1cc2c3c(cc4c(C(C)C)cc5c6c(cc1c3c46)B1c3ccccc3N(C)c3cccc-5c31)B1c3ccccc3Cc3cccc-2c31. The van der Waals surface area contributed by atoms with Crippen molar-refractivity contribution in [3.63, 3.8) is 0 Å². The summed E-state index contributed by atoms with van der Waals surface area (Å²) in [6.07, 6.45) is 1.01. The number of rotatable bonds is 2. The summed E-state index contributed by atoms with van der Waals surface area (Å²) in [4.78, 5) is 2.42. The van der Waals surface area contributed by atoms with Crippen LogP contribution in [0.3, 0.4) is 0 Å². The highest BCUT2D eigenvalue weighted by Crippen LogP contribution is 2.49. The van der Waals surface area contributed by atoms with Crippen molar-refractivity contribution in [1.29, 1.82) is 0 Å². The van der Waals surface area contributed by atoms with Gasteiger partial charge < -0.3 is 4.90 Å². The van der Waals surface area contributed by atoms with E-state index in [1.807, 2.05) is 0 Å². The van der Waals surface area contributed by atoms with Crippen molar-refractivity contribution >= 4 is 89.9 Å². The highest BCUT2D eigenvalue weighted by Gasteiger charge is 2.43. The summed E-state index contributed by atoms with van der Waals surface area (Å²) in [6.45, 7) is 10.0. The van der Waals surface area contributed by atoms with Gasteiger partial charge in [-0.15, -0.1) is 0 Å². The Bertz CT molecular complexity index is 2880. The molecular formula is C48H37B2N. The molecule has 240 valence electrons. The second-order valence-corrected chi connectivity index (χ2v) is 16.3. The van der Waals surface area contributed by atoms with Gasteiger partial charge in [0.2, 0.25) is 13.4 Å². The number of nitrogens with zero attached hydrogens (tertiary/aromatic N) is 1. The molecule has 4 heterocycles. The fourth-order valence-electron chi connectivity index (χ4n) is 11.2. The van der Waals surface area contributed by atoms with Gasteiger partial charge in [0, 0.05) is 18.4 Å². The molecule has 51 heavy (non-hydrogen) atoms. The minimum absolute atomic E-state index is 0.188. The molecular weight excluding hydrogens is 612 g/mol. The van der Waals surface area contributed by atoms with Crippen LogP contribution in [-0.2, 0) is 6.42 Å². The minimum atomic E-state index is 0.188. The molecule has 0 N–H and O–H groups in total. The van der Waals surface area contributed by atoms with Crippen LogP contribution in [0.15, 0.2) is 109 Å². The molecule has 4 aliphatic heterocycles. The van der Waals surface area contributed by atoms with Crippen molar-refractivity contribution in [2.24, 2.45) is 0 Å². The number of benzene rings is 8. The molecule has 8 aromatic carbocycles. The van der Waals surface area contributed by atoms with Gasteiger partial charge >= 0.3 is 0 Å². The normalized spacial score (nSPS) is 14.5. The van der Waals surface area contributed by atoms with E-state index >= 15 is 0 Å². The lowest BCUT2D eigenvalue weighted by atomic mass is 9.30. The maximum absolute atomic E-state index is 2.67.